The Hall–Kier alpha value is -0.830. The van der Waals surface area contributed by atoms with E-state index in [1.54, 1.807) is 0 Å². The molecule has 2 aromatic rings. The van der Waals surface area contributed by atoms with E-state index in [-0.39, 0.29) is 0 Å². The summed E-state index contributed by atoms with van der Waals surface area (Å²) in [6.07, 6.45) is 2.59. The number of nitrogens with zero attached hydrogens (tertiary/aromatic N) is 2. The van der Waals surface area contributed by atoms with E-state index < -0.39 is 0 Å². The smallest absolute Gasteiger partial charge is 0.0745 e. The number of hydrogen-bond acceptors (Lipinski definition) is 1. The molecule has 1 heterocycles. The molecular formula is C13H15BrN2. The monoisotopic (exact) mass is 278 g/mol. The maximum absolute atomic E-state index is 4.80. The average Bonchev–Trinajstić information content (AvgIpc) is 2.99. The summed E-state index contributed by atoms with van der Waals surface area (Å²) in [6, 6.07) is 6.78. The number of hydrogen-bond donors (Lipinski definition) is 0. The van der Waals surface area contributed by atoms with Crippen molar-refractivity contribution in [1.29, 1.82) is 0 Å². The molecule has 0 bridgehead atoms. The highest BCUT2D eigenvalue weighted by molar-refractivity contribution is 9.10. The van der Waals surface area contributed by atoms with Crippen molar-refractivity contribution in [3.8, 4) is 0 Å². The van der Waals surface area contributed by atoms with E-state index in [4.69, 9.17) is 5.10 Å². The van der Waals surface area contributed by atoms with Crippen molar-refractivity contribution in [2.24, 2.45) is 0 Å². The Kier molecular flexibility index (Phi) is 2.32. The largest absolute Gasteiger partial charge is 0.262 e. The lowest BCUT2D eigenvalue weighted by atomic mass is 10.1. The Labute approximate surface area is 104 Å². The number of rotatable bonds is 2. The Morgan fingerprint density at radius 3 is 2.75 bits per heavy atom. The molecule has 2 nitrogen and oxygen atoms in total. The molecule has 0 N–H and O–H groups in total. The number of fused-ring (bicyclic) bond motifs is 1. The maximum atomic E-state index is 4.80. The predicted octanol–water partition coefficient (Wildman–Crippen LogP) is 4.26. The van der Waals surface area contributed by atoms with Crippen LogP contribution in [0.25, 0.3) is 10.9 Å². The second-order valence-electron chi connectivity index (χ2n) is 4.83. The van der Waals surface area contributed by atoms with Gasteiger partial charge in [0.1, 0.15) is 0 Å². The fourth-order valence-corrected chi connectivity index (χ4v) is 2.77. The summed E-state index contributed by atoms with van der Waals surface area (Å²) in [6.45, 7) is 4.37. The van der Waals surface area contributed by atoms with Crippen LogP contribution < -0.4 is 0 Å². The molecule has 1 aliphatic rings. The van der Waals surface area contributed by atoms with E-state index in [1.807, 2.05) is 0 Å². The van der Waals surface area contributed by atoms with E-state index in [2.05, 4.69) is 52.7 Å². The molecule has 0 aliphatic heterocycles. The van der Waals surface area contributed by atoms with Gasteiger partial charge in [-0.15, -0.1) is 0 Å². The molecule has 3 rings (SSSR count). The van der Waals surface area contributed by atoms with Crippen LogP contribution in [-0.4, -0.2) is 9.78 Å². The van der Waals surface area contributed by atoms with Crippen molar-refractivity contribution in [1.82, 2.24) is 9.78 Å². The van der Waals surface area contributed by atoms with Gasteiger partial charge < -0.3 is 0 Å². The first kappa shape index (κ1) is 10.3. The molecule has 0 saturated heterocycles. The average molecular weight is 279 g/mol. The van der Waals surface area contributed by atoms with Gasteiger partial charge in [0, 0.05) is 21.8 Å². The summed E-state index contributed by atoms with van der Waals surface area (Å²) < 4.78 is 3.33. The first-order valence-electron chi connectivity index (χ1n) is 5.85. The van der Waals surface area contributed by atoms with Crippen molar-refractivity contribution < 1.29 is 0 Å². The molecule has 1 aliphatic carbocycles. The van der Waals surface area contributed by atoms with Crippen LogP contribution in [-0.2, 0) is 0 Å². The third-order valence-corrected chi connectivity index (χ3v) is 3.82. The maximum Gasteiger partial charge on any atom is 0.0745 e. The fourth-order valence-electron chi connectivity index (χ4n) is 2.21. The van der Waals surface area contributed by atoms with E-state index >= 15 is 0 Å². The zero-order chi connectivity index (χ0) is 11.3. The lowest BCUT2D eigenvalue weighted by Gasteiger charge is -2.06. The van der Waals surface area contributed by atoms with Crippen molar-refractivity contribution in [2.45, 2.75) is 38.6 Å². The van der Waals surface area contributed by atoms with Crippen LogP contribution in [0.5, 0.6) is 0 Å². The molecular weight excluding hydrogens is 264 g/mol. The van der Waals surface area contributed by atoms with Crippen LogP contribution in [0.15, 0.2) is 22.7 Å². The quantitative estimate of drug-likeness (QED) is 0.803. The summed E-state index contributed by atoms with van der Waals surface area (Å²) in [5.41, 5.74) is 2.54. The number of benzene rings is 1. The zero-order valence-electron chi connectivity index (χ0n) is 9.57. The SMILES string of the molecule is CC(C)n1nc(C2CC2)c2c(Br)cccc21. The predicted molar refractivity (Wildman–Crippen MR) is 69.8 cm³/mol. The van der Waals surface area contributed by atoms with Crippen molar-refractivity contribution in [2.75, 3.05) is 0 Å². The summed E-state index contributed by atoms with van der Waals surface area (Å²) in [5, 5.41) is 6.12. The van der Waals surface area contributed by atoms with Crippen molar-refractivity contribution in [3.63, 3.8) is 0 Å². The highest BCUT2D eigenvalue weighted by atomic mass is 79.9. The van der Waals surface area contributed by atoms with Crippen LogP contribution in [0, 0.1) is 0 Å². The summed E-state index contributed by atoms with van der Waals surface area (Å²) in [5.74, 6) is 0.696. The Bertz CT molecular complexity index is 538. The summed E-state index contributed by atoms with van der Waals surface area (Å²) in [4.78, 5) is 0. The first-order valence-corrected chi connectivity index (χ1v) is 6.64. The topological polar surface area (TPSA) is 17.8 Å². The molecule has 1 saturated carbocycles. The van der Waals surface area contributed by atoms with Gasteiger partial charge in [0.2, 0.25) is 0 Å². The third-order valence-electron chi connectivity index (χ3n) is 3.16. The highest BCUT2D eigenvalue weighted by Gasteiger charge is 2.30. The fraction of sp³-hybridized carbons (Fsp3) is 0.462. The van der Waals surface area contributed by atoms with Gasteiger partial charge in [-0.2, -0.15) is 5.10 Å². The summed E-state index contributed by atoms with van der Waals surface area (Å²) >= 11 is 3.65. The Morgan fingerprint density at radius 1 is 1.38 bits per heavy atom. The zero-order valence-corrected chi connectivity index (χ0v) is 11.2. The summed E-state index contributed by atoms with van der Waals surface area (Å²) in [7, 11) is 0. The Morgan fingerprint density at radius 2 is 2.12 bits per heavy atom. The molecule has 1 fully saturated rings. The molecule has 1 aromatic carbocycles. The molecule has 16 heavy (non-hydrogen) atoms. The van der Waals surface area contributed by atoms with Gasteiger partial charge >= 0.3 is 0 Å². The molecule has 3 heteroatoms. The van der Waals surface area contributed by atoms with Crippen LogP contribution in [0.4, 0.5) is 0 Å². The van der Waals surface area contributed by atoms with Gasteiger partial charge in [0.05, 0.1) is 11.2 Å². The van der Waals surface area contributed by atoms with Gasteiger partial charge in [0.25, 0.3) is 0 Å². The molecule has 0 atom stereocenters. The minimum atomic E-state index is 0.421. The molecule has 0 amide bonds. The normalized spacial score (nSPS) is 16.2. The van der Waals surface area contributed by atoms with Crippen LogP contribution in [0.3, 0.4) is 0 Å². The lowest BCUT2D eigenvalue weighted by Crippen LogP contribution is -2.02. The lowest BCUT2D eigenvalue weighted by molar-refractivity contribution is 0.544. The van der Waals surface area contributed by atoms with Gasteiger partial charge in [-0.3, -0.25) is 4.68 Å². The van der Waals surface area contributed by atoms with Gasteiger partial charge in [0.15, 0.2) is 0 Å². The van der Waals surface area contributed by atoms with Crippen molar-refractivity contribution in [3.05, 3.63) is 28.4 Å². The first-order chi connectivity index (χ1) is 7.68. The van der Waals surface area contributed by atoms with Crippen LogP contribution in [0.1, 0.15) is 44.3 Å². The van der Waals surface area contributed by atoms with Crippen molar-refractivity contribution >= 4 is 26.8 Å². The molecule has 0 radical (unpaired) electrons. The second-order valence-corrected chi connectivity index (χ2v) is 5.69. The van der Waals surface area contributed by atoms with Crippen LogP contribution in [0.2, 0.25) is 0 Å². The van der Waals surface area contributed by atoms with E-state index in [1.165, 1.54) is 33.9 Å². The van der Waals surface area contributed by atoms with Gasteiger partial charge in [-0.05, 0) is 38.8 Å². The van der Waals surface area contributed by atoms with Gasteiger partial charge in [-0.1, -0.05) is 22.0 Å². The molecule has 84 valence electrons. The second kappa shape index (κ2) is 3.59. The standard InChI is InChI=1S/C13H15BrN2/c1-8(2)16-11-5-3-4-10(14)12(11)13(15-16)9-6-7-9/h3-5,8-9H,6-7H2,1-2H3. The van der Waals surface area contributed by atoms with E-state index in [0.717, 1.165) is 0 Å². The molecule has 0 unspecified atom stereocenters. The van der Waals surface area contributed by atoms with Crippen LogP contribution >= 0.6 is 15.9 Å². The number of halogens is 1. The minimum absolute atomic E-state index is 0.421. The number of aromatic nitrogens is 2. The van der Waals surface area contributed by atoms with E-state index in [9.17, 15) is 0 Å². The highest BCUT2D eigenvalue weighted by Crippen LogP contribution is 2.44. The van der Waals surface area contributed by atoms with Gasteiger partial charge in [-0.25, -0.2) is 0 Å². The molecule has 1 aromatic heterocycles. The Balaban J connectivity index is 2.33. The van der Waals surface area contributed by atoms with E-state index in [0.29, 0.717) is 12.0 Å². The molecule has 0 spiro atoms. The third kappa shape index (κ3) is 1.49. The minimum Gasteiger partial charge on any atom is -0.262 e.